The monoisotopic (exact) mass is 1040 g/mol. The molecule has 0 N–H and O–H groups in total. The number of anilines is 3. The smallest absolute Gasteiger partial charge is 0.143 e. The van der Waals surface area contributed by atoms with E-state index >= 15 is 0 Å². The van der Waals surface area contributed by atoms with Gasteiger partial charge >= 0.3 is 0 Å². The normalized spacial score (nSPS) is 16.7. The second-order valence-electron chi connectivity index (χ2n) is 23.0. The van der Waals surface area contributed by atoms with Crippen LogP contribution in [-0.2, 0) is 10.8 Å². The Labute approximate surface area is 469 Å². The van der Waals surface area contributed by atoms with Gasteiger partial charge in [-0.15, -0.1) is 0 Å². The van der Waals surface area contributed by atoms with Gasteiger partial charge in [-0.05, 0) is 128 Å². The van der Waals surface area contributed by atoms with Crippen LogP contribution in [0, 0.1) is 11.8 Å². The number of hydrogen-bond acceptors (Lipinski definition) is 4. The molecular formula is C77H53NO3. The van der Waals surface area contributed by atoms with Gasteiger partial charge in [0.2, 0.25) is 0 Å². The number of hydrogen-bond donors (Lipinski definition) is 0. The first-order valence-electron chi connectivity index (χ1n) is 28.3. The van der Waals surface area contributed by atoms with Crippen molar-refractivity contribution >= 4 is 94.0 Å². The molecule has 0 bridgehead atoms. The van der Waals surface area contributed by atoms with Gasteiger partial charge in [-0.1, -0.05) is 215 Å². The SMILES string of the molecule is CC1C(c2c3oc4ccc(N(c5ccc(-c6cccc7c6oc6ccccc67)cc5)c5ccc6c(c5)C(C)(C)c5ccccc5-6)cc4c3cc3oc4ccccc4c23)=CC=C2c3ccccc3C(c3ccccc3)(c3ccccc3)C21. The average molecular weight is 1040 g/mol. The number of fused-ring (bicyclic) bond motifs is 15. The third-order valence-corrected chi connectivity index (χ3v) is 18.7. The van der Waals surface area contributed by atoms with Gasteiger partial charge in [0.15, 0.2) is 0 Å². The molecule has 4 heteroatoms. The maximum absolute atomic E-state index is 7.37. The number of benzene rings is 11. The van der Waals surface area contributed by atoms with Crippen LogP contribution in [0.1, 0.15) is 59.7 Å². The van der Waals surface area contributed by atoms with Crippen molar-refractivity contribution in [3.63, 3.8) is 0 Å². The fourth-order valence-corrected chi connectivity index (χ4v) is 15.1. The molecule has 384 valence electrons. The Bertz CT molecular complexity index is 4950. The summed E-state index contributed by atoms with van der Waals surface area (Å²) in [6.45, 7) is 7.15. The van der Waals surface area contributed by atoms with Crippen LogP contribution in [0.3, 0.4) is 0 Å². The lowest BCUT2D eigenvalue weighted by atomic mass is 9.59. The van der Waals surface area contributed by atoms with Gasteiger partial charge in [0.1, 0.15) is 33.5 Å². The number of para-hydroxylation sites is 3. The minimum atomic E-state index is -0.462. The molecule has 2 unspecified atom stereocenters. The lowest BCUT2D eigenvalue weighted by Gasteiger charge is -2.43. The standard InChI is InChI=1S/C77H53NO3/c1-46-53(40-41-59-56-24-11-15-30-65(56)77(73(46)59,48-19-6-4-7-20-48)49-21-8-5-9-22-49)72-71-61-26-13-17-32-68(61)79-70(71)45-63-62-43-51(38-42-69(62)81-75(63)72)78(52-37-39-57-55-23-10-14-29-64(55)76(2,3)66(57)44-52)50-35-33-47(34-36-50)54-27-18-28-60-58-25-12-16-31-67(58)80-74(54)60/h4-46,73H,1-3H3. The van der Waals surface area contributed by atoms with Gasteiger partial charge in [0, 0.05) is 71.8 Å². The average Bonchev–Trinajstić information content (AvgIpc) is 3.31. The van der Waals surface area contributed by atoms with Crippen molar-refractivity contribution in [2.75, 3.05) is 4.90 Å². The van der Waals surface area contributed by atoms with Crippen molar-refractivity contribution in [2.24, 2.45) is 11.8 Å². The predicted molar refractivity (Wildman–Crippen MR) is 334 cm³/mol. The zero-order valence-corrected chi connectivity index (χ0v) is 45.1. The quantitative estimate of drug-likeness (QED) is 0.160. The predicted octanol–water partition coefficient (Wildman–Crippen LogP) is 20.9. The molecule has 11 aromatic carbocycles. The third-order valence-electron chi connectivity index (χ3n) is 18.7. The molecule has 14 aromatic rings. The van der Waals surface area contributed by atoms with E-state index in [1.54, 1.807) is 0 Å². The van der Waals surface area contributed by atoms with E-state index in [0.29, 0.717) is 0 Å². The van der Waals surface area contributed by atoms with Gasteiger partial charge in [0.05, 0.1) is 5.41 Å². The maximum atomic E-state index is 7.37. The summed E-state index contributed by atoms with van der Waals surface area (Å²) >= 11 is 0. The highest BCUT2D eigenvalue weighted by Gasteiger charge is 2.55. The lowest BCUT2D eigenvalue weighted by Crippen LogP contribution is -2.38. The summed E-state index contributed by atoms with van der Waals surface area (Å²) < 4.78 is 20.9. The molecule has 3 aromatic heterocycles. The molecular weight excluding hydrogens is 987 g/mol. The van der Waals surface area contributed by atoms with Crippen molar-refractivity contribution < 1.29 is 13.3 Å². The van der Waals surface area contributed by atoms with Crippen LogP contribution in [0.15, 0.2) is 268 Å². The van der Waals surface area contributed by atoms with E-state index in [1.165, 1.54) is 55.7 Å². The van der Waals surface area contributed by atoms with Gasteiger partial charge < -0.3 is 18.2 Å². The molecule has 81 heavy (non-hydrogen) atoms. The van der Waals surface area contributed by atoms with Gasteiger partial charge in [-0.2, -0.15) is 0 Å². The van der Waals surface area contributed by atoms with E-state index in [-0.39, 0.29) is 17.3 Å². The zero-order chi connectivity index (χ0) is 53.7. The fraction of sp³-hybridized carbons (Fsp3) is 0.0909. The Morgan fingerprint density at radius 3 is 1.72 bits per heavy atom. The summed E-state index contributed by atoms with van der Waals surface area (Å²) in [6, 6.07) is 88.6. The summed E-state index contributed by atoms with van der Waals surface area (Å²) in [5, 5.41) is 6.44. The van der Waals surface area contributed by atoms with Crippen molar-refractivity contribution in [2.45, 2.75) is 31.6 Å². The first-order valence-corrected chi connectivity index (χ1v) is 28.3. The molecule has 0 spiro atoms. The number of nitrogens with zero attached hydrogens (tertiary/aromatic N) is 1. The second kappa shape index (κ2) is 17.1. The molecule has 0 fully saturated rings. The minimum absolute atomic E-state index is 0.0385. The number of rotatable bonds is 7. The van der Waals surface area contributed by atoms with Crippen molar-refractivity contribution in [1.82, 2.24) is 0 Å². The summed E-state index contributed by atoms with van der Waals surface area (Å²) in [5.41, 5.74) is 24.0. The molecule has 2 atom stereocenters. The second-order valence-corrected chi connectivity index (χ2v) is 23.0. The maximum Gasteiger partial charge on any atom is 0.143 e. The molecule has 4 nitrogen and oxygen atoms in total. The van der Waals surface area contributed by atoms with Crippen LogP contribution in [-0.4, -0.2) is 0 Å². The van der Waals surface area contributed by atoms with Crippen LogP contribution < -0.4 is 4.90 Å². The zero-order valence-electron chi connectivity index (χ0n) is 45.1. The van der Waals surface area contributed by atoms with Crippen LogP contribution in [0.2, 0.25) is 0 Å². The Balaban J connectivity index is 0.868. The minimum Gasteiger partial charge on any atom is -0.456 e. The summed E-state index contributed by atoms with van der Waals surface area (Å²) in [6.07, 6.45) is 4.80. The first-order chi connectivity index (χ1) is 39.8. The van der Waals surface area contributed by atoms with Gasteiger partial charge in [-0.25, -0.2) is 0 Å². The van der Waals surface area contributed by atoms with E-state index in [1.807, 2.05) is 12.1 Å². The highest BCUT2D eigenvalue weighted by atomic mass is 16.3. The van der Waals surface area contributed by atoms with Crippen molar-refractivity contribution in [3.8, 4) is 22.3 Å². The van der Waals surface area contributed by atoms with E-state index < -0.39 is 5.41 Å². The summed E-state index contributed by atoms with van der Waals surface area (Å²) in [5.74, 6) is 0.104. The van der Waals surface area contributed by atoms with Gasteiger partial charge in [0.25, 0.3) is 0 Å². The largest absolute Gasteiger partial charge is 0.456 e. The Kier molecular flexibility index (Phi) is 9.70. The van der Waals surface area contributed by atoms with E-state index in [9.17, 15) is 0 Å². The van der Waals surface area contributed by atoms with E-state index in [4.69, 9.17) is 13.3 Å². The number of furan rings is 3. The molecule has 17 rings (SSSR count). The molecule has 0 saturated carbocycles. The number of allylic oxidation sites excluding steroid dienone is 4. The molecule has 0 aliphatic heterocycles. The highest BCUT2D eigenvalue weighted by molar-refractivity contribution is 6.22. The van der Waals surface area contributed by atoms with Crippen molar-refractivity contribution in [1.29, 1.82) is 0 Å². The molecule has 3 heterocycles. The lowest BCUT2D eigenvalue weighted by molar-refractivity contribution is 0.407. The van der Waals surface area contributed by atoms with Gasteiger partial charge in [-0.3, -0.25) is 0 Å². The van der Waals surface area contributed by atoms with Crippen LogP contribution in [0.5, 0.6) is 0 Å². The Hall–Kier alpha value is -9.90. The molecule has 0 radical (unpaired) electrons. The Morgan fingerprint density at radius 1 is 0.370 bits per heavy atom. The van der Waals surface area contributed by atoms with E-state index in [2.05, 4.69) is 268 Å². The molecule has 0 amide bonds. The highest BCUT2D eigenvalue weighted by Crippen LogP contribution is 2.64. The fourth-order valence-electron chi connectivity index (χ4n) is 15.1. The Morgan fingerprint density at radius 2 is 0.938 bits per heavy atom. The molecule has 3 aliphatic carbocycles. The van der Waals surface area contributed by atoms with Crippen LogP contribution in [0.25, 0.3) is 99.2 Å². The third kappa shape index (κ3) is 6.42. The summed E-state index contributed by atoms with van der Waals surface area (Å²) in [7, 11) is 0. The molecule has 0 saturated heterocycles. The topological polar surface area (TPSA) is 42.7 Å². The first kappa shape index (κ1) is 46.1. The van der Waals surface area contributed by atoms with Crippen LogP contribution >= 0.6 is 0 Å². The summed E-state index contributed by atoms with van der Waals surface area (Å²) in [4.78, 5) is 2.41. The van der Waals surface area contributed by atoms with E-state index in [0.717, 1.165) is 99.6 Å². The van der Waals surface area contributed by atoms with Crippen molar-refractivity contribution in [3.05, 3.63) is 294 Å². The van der Waals surface area contributed by atoms with Crippen LogP contribution in [0.4, 0.5) is 17.1 Å². The molecule has 3 aliphatic rings.